The molecule has 0 atom stereocenters. The van der Waals surface area contributed by atoms with Gasteiger partial charge in [-0.3, -0.25) is 20.4 Å². The summed E-state index contributed by atoms with van der Waals surface area (Å²) >= 11 is 4.90. The zero-order valence-electron chi connectivity index (χ0n) is 15.8. The predicted octanol–water partition coefficient (Wildman–Crippen LogP) is 2.66. The van der Waals surface area contributed by atoms with Gasteiger partial charge >= 0.3 is 0 Å². The summed E-state index contributed by atoms with van der Waals surface area (Å²) in [6, 6.07) is 13.4. The number of aryl methyl sites for hydroxylation is 2. The topological polar surface area (TPSA) is 102 Å². The number of aromatic nitrogens is 4. The third-order valence-electron chi connectivity index (χ3n) is 3.93. The number of hydrogen-bond acceptors (Lipinski definition) is 6. The van der Waals surface area contributed by atoms with Crippen molar-refractivity contribution in [2.75, 3.05) is 5.75 Å². The molecule has 1 aromatic heterocycles. The molecule has 0 spiro atoms. The molecule has 3 aromatic rings. The zero-order chi connectivity index (χ0) is 20.8. The summed E-state index contributed by atoms with van der Waals surface area (Å²) in [5, 5.41) is 11.9. The predicted molar refractivity (Wildman–Crippen MR) is 114 cm³/mol. The molecular formula is C19H19BrN6O2S. The monoisotopic (exact) mass is 474 g/mol. The molecule has 0 unspecified atom stereocenters. The first-order valence-corrected chi connectivity index (χ1v) is 10.5. The van der Waals surface area contributed by atoms with E-state index < -0.39 is 5.91 Å². The Labute approximate surface area is 180 Å². The van der Waals surface area contributed by atoms with Gasteiger partial charge in [0.1, 0.15) is 6.54 Å². The van der Waals surface area contributed by atoms with Crippen LogP contribution in [-0.4, -0.2) is 37.8 Å². The van der Waals surface area contributed by atoms with Gasteiger partial charge in [-0.2, -0.15) is 4.80 Å². The third-order valence-corrected chi connectivity index (χ3v) is 5.94. The minimum atomic E-state index is -0.448. The van der Waals surface area contributed by atoms with E-state index in [0.717, 1.165) is 26.1 Å². The van der Waals surface area contributed by atoms with Crippen LogP contribution in [0, 0.1) is 13.8 Å². The lowest BCUT2D eigenvalue weighted by atomic mass is 10.2. The Kier molecular flexibility index (Phi) is 6.99. The lowest BCUT2D eigenvalue weighted by Gasteiger charge is -2.09. The second kappa shape index (κ2) is 9.66. The lowest BCUT2D eigenvalue weighted by Crippen LogP contribution is -2.44. The Morgan fingerprint density at radius 1 is 1.07 bits per heavy atom. The summed E-state index contributed by atoms with van der Waals surface area (Å²) in [5.74, 6) is -0.142. The van der Waals surface area contributed by atoms with Crippen molar-refractivity contribution in [2.45, 2.75) is 25.3 Å². The number of nitrogens with zero attached hydrogens (tertiary/aromatic N) is 4. The largest absolute Gasteiger partial charge is 0.272 e. The number of carbonyl (C=O) groups excluding carboxylic acids is 2. The molecule has 0 aliphatic rings. The van der Waals surface area contributed by atoms with Crippen LogP contribution in [0.2, 0.25) is 0 Å². The molecule has 1 heterocycles. The van der Waals surface area contributed by atoms with Crippen molar-refractivity contribution in [3.63, 3.8) is 0 Å². The zero-order valence-corrected chi connectivity index (χ0v) is 18.2. The summed E-state index contributed by atoms with van der Waals surface area (Å²) in [4.78, 5) is 26.2. The van der Waals surface area contributed by atoms with Gasteiger partial charge < -0.3 is 0 Å². The van der Waals surface area contributed by atoms with Crippen LogP contribution < -0.4 is 10.9 Å². The van der Waals surface area contributed by atoms with Crippen LogP contribution in [0.15, 0.2) is 51.8 Å². The number of tetrazole rings is 1. The number of benzene rings is 2. The highest BCUT2D eigenvalue weighted by molar-refractivity contribution is 9.10. The summed E-state index contributed by atoms with van der Waals surface area (Å²) in [6.45, 7) is 3.83. The fraction of sp³-hybridized carbons (Fsp3) is 0.211. The molecular weight excluding hydrogens is 456 g/mol. The van der Waals surface area contributed by atoms with E-state index >= 15 is 0 Å². The van der Waals surface area contributed by atoms with Crippen LogP contribution in [0.5, 0.6) is 0 Å². The molecule has 0 aliphatic heterocycles. The van der Waals surface area contributed by atoms with E-state index in [9.17, 15) is 9.59 Å². The molecule has 0 aliphatic carbocycles. The Hall–Kier alpha value is -2.72. The van der Waals surface area contributed by atoms with E-state index in [2.05, 4.69) is 42.2 Å². The highest BCUT2D eigenvalue weighted by atomic mass is 79.9. The Morgan fingerprint density at radius 3 is 2.55 bits per heavy atom. The molecule has 3 rings (SSSR count). The number of hydrogen-bond donors (Lipinski definition) is 2. The van der Waals surface area contributed by atoms with Crippen molar-refractivity contribution >= 4 is 39.5 Å². The van der Waals surface area contributed by atoms with Crippen molar-refractivity contribution < 1.29 is 9.59 Å². The maximum absolute atomic E-state index is 12.0. The molecule has 8 nitrogen and oxygen atoms in total. The molecule has 0 bridgehead atoms. The van der Waals surface area contributed by atoms with Crippen molar-refractivity contribution in [2.24, 2.45) is 0 Å². The van der Waals surface area contributed by atoms with Gasteiger partial charge in [0.15, 0.2) is 0 Å². The highest BCUT2D eigenvalue weighted by Gasteiger charge is 2.11. The summed E-state index contributed by atoms with van der Waals surface area (Å²) in [7, 11) is 0. The first-order valence-electron chi connectivity index (χ1n) is 8.73. The molecule has 29 heavy (non-hydrogen) atoms. The SMILES string of the molecule is Cc1cc(SCC(=O)NNC(=O)Cn2nnc(-c3ccccc3)n2)c(C)cc1Br. The molecule has 0 saturated heterocycles. The van der Waals surface area contributed by atoms with E-state index in [4.69, 9.17) is 0 Å². The molecule has 2 N–H and O–H groups in total. The van der Waals surface area contributed by atoms with Crippen molar-refractivity contribution in [3.05, 3.63) is 58.1 Å². The second-order valence-corrected chi connectivity index (χ2v) is 8.13. The van der Waals surface area contributed by atoms with Crippen molar-refractivity contribution in [1.82, 2.24) is 31.1 Å². The first kappa shape index (κ1) is 21.0. The Morgan fingerprint density at radius 2 is 1.79 bits per heavy atom. The number of nitrogens with one attached hydrogen (secondary N) is 2. The quantitative estimate of drug-likeness (QED) is 0.420. The second-order valence-electron chi connectivity index (χ2n) is 6.26. The number of rotatable bonds is 6. The number of thioether (sulfide) groups is 1. The average Bonchev–Trinajstić information content (AvgIpc) is 3.17. The fourth-order valence-electron chi connectivity index (χ4n) is 2.41. The highest BCUT2D eigenvalue weighted by Crippen LogP contribution is 2.28. The van der Waals surface area contributed by atoms with Gasteiger partial charge in [0.05, 0.1) is 5.75 Å². The molecule has 0 fully saturated rings. The van der Waals surface area contributed by atoms with Gasteiger partial charge in [-0.25, -0.2) is 0 Å². The third kappa shape index (κ3) is 5.88. The number of hydrazine groups is 1. The van der Waals surface area contributed by atoms with Gasteiger partial charge in [0, 0.05) is 14.9 Å². The van der Waals surface area contributed by atoms with Gasteiger partial charge in [0.2, 0.25) is 11.7 Å². The van der Waals surface area contributed by atoms with Crippen LogP contribution in [0.4, 0.5) is 0 Å². The molecule has 150 valence electrons. The number of halogens is 1. The summed E-state index contributed by atoms with van der Waals surface area (Å²) in [6.07, 6.45) is 0. The molecule has 0 saturated carbocycles. The molecule has 0 radical (unpaired) electrons. The maximum atomic E-state index is 12.0. The van der Waals surface area contributed by atoms with E-state index in [1.54, 1.807) is 0 Å². The van der Waals surface area contributed by atoms with Crippen LogP contribution in [-0.2, 0) is 16.1 Å². The van der Waals surface area contributed by atoms with Crippen LogP contribution in [0.1, 0.15) is 11.1 Å². The lowest BCUT2D eigenvalue weighted by molar-refractivity contribution is -0.128. The first-order chi connectivity index (χ1) is 13.9. The van der Waals surface area contributed by atoms with E-state index in [-0.39, 0.29) is 18.2 Å². The van der Waals surface area contributed by atoms with E-state index in [1.807, 2.05) is 56.3 Å². The van der Waals surface area contributed by atoms with Crippen molar-refractivity contribution in [3.8, 4) is 11.4 Å². The van der Waals surface area contributed by atoms with E-state index in [1.165, 1.54) is 16.6 Å². The number of carbonyl (C=O) groups is 2. The minimum absolute atomic E-state index is 0.154. The van der Waals surface area contributed by atoms with Crippen LogP contribution in [0.25, 0.3) is 11.4 Å². The molecule has 2 amide bonds. The van der Waals surface area contributed by atoms with E-state index in [0.29, 0.717) is 5.82 Å². The molecule has 10 heteroatoms. The summed E-state index contributed by atoms with van der Waals surface area (Å²) < 4.78 is 1.04. The number of amides is 2. The summed E-state index contributed by atoms with van der Waals surface area (Å²) in [5.41, 5.74) is 7.75. The minimum Gasteiger partial charge on any atom is -0.272 e. The van der Waals surface area contributed by atoms with Crippen LogP contribution >= 0.6 is 27.7 Å². The normalized spacial score (nSPS) is 10.6. The average molecular weight is 475 g/mol. The van der Waals surface area contributed by atoms with Crippen molar-refractivity contribution in [1.29, 1.82) is 0 Å². The van der Waals surface area contributed by atoms with Gasteiger partial charge in [-0.15, -0.1) is 22.0 Å². The fourth-order valence-corrected chi connectivity index (χ4v) is 3.77. The standard InChI is InChI=1S/C19H19BrN6O2S/c1-12-9-16(13(2)8-15(12)20)29-11-18(28)22-21-17(27)10-26-24-19(23-25-26)14-6-4-3-5-7-14/h3-9H,10-11H2,1-2H3,(H,21,27)(H,22,28). The Bertz CT molecular complexity index is 1020. The smallest absolute Gasteiger partial charge is 0.262 e. The Balaban J connectivity index is 1.45. The van der Waals surface area contributed by atoms with Gasteiger partial charge in [0.25, 0.3) is 5.91 Å². The van der Waals surface area contributed by atoms with Gasteiger partial charge in [-0.05, 0) is 42.3 Å². The maximum Gasteiger partial charge on any atom is 0.262 e. The van der Waals surface area contributed by atoms with Gasteiger partial charge in [-0.1, -0.05) is 46.3 Å². The molecule has 2 aromatic carbocycles. The van der Waals surface area contributed by atoms with Crippen LogP contribution in [0.3, 0.4) is 0 Å².